The summed E-state index contributed by atoms with van der Waals surface area (Å²) in [6, 6.07) is 3.87. The zero-order valence-corrected chi connectivity index (χ0v) is 9.71. The first-order chi connectivity index (χ1) is 7.42. The summed E-state index contributed by atoms with van der Waals surface area (Å²) in [5.74, 6) is -0.309. The standard InChI is InChI=1S/C12H16FNO2/c1-12(2,7-14)11(15)9-6-8(13)4-5-10(9)16-3/h4-6H,7,14H2,1-3H3. The van der Waals surface area contributed by atoms with Gasteiger partial charge >= 0.3 is 0 Å². The number of hydrogen-bond donors (Lipinski definition) is 1. The van der Waals surface area contributed by atoms with E-state index in [4.69, 9.17) is 10.5 Å². The molecule has 0 heterocycles. The molecule has 88 valence electrons. The van der Waals surface area contributed by atoms with E-state index < -0.39 is 11.2 Å². The molecule has 0 amide bonds. The lowest BCUT2D eigenvalue weighted by atomic mass is 9.84. The highest BCUT2D eigenvalue weighted by Crippen LogP contribution is 2.27. The molecule has 1 aromatic carbocycles. The summed E-state index contributed by atoms with van der Waals surface area (Å²) in [5.41, 5.74) is 5.03. The summed E-state index contributed by atoms with van der Waals surface area (Å²) in [4.78, 5) is 12.1. The lowest BCUT2D eigenvalue weighted by molar-refractivity contribution is 0.0844. The van der Waals surface area contributed by atoms with Gasteiger partial charge in [-0.05, 0) is 18.2 Å². The Balaban J connectivity index is 3.21. The van der Waals surface area contributed by atoms with E-state index in [0.29, 0.717) is 5.75 Å². The fourth-order valence-electron chi connectivity index (χ4n) is 1.31. The second kappa shape index (κ2) is 4.61. The third kappa shape index (κ3) is 2.39. The number of carbonyl (C=O) groups excluding carboxylic acids is 1. The molecule has 0 aliphatic rings. The number of halogens is 1. The second-order valence-corrected chi connectivity index (χ2v) is 4.26. The van der Waals surface area contributed by atoms with Crippen molar-refractivity contribution < 1.29 is 13.9 Å². The van der Waals surface area contributed by atoms with Crippen molar-refractivity contribution in [3.8, 4) is 5.75 Å². The summed E-state index contributed by atoms with van der Waals surface area (Å²) in [6.07, 6.45) is 0. The Morgan fingerprint density at radius 1 is 1.50 bits per heavy atom. The molecule has 1 rings (SSSR count). The monoisotopic (exact) mass is 225 g/mol. The Kier molecular flexibility index (Phi) is 3.65. The minimum absolute atomic E-state index is 0.200. The van der Waals surface area contributed by atoms with Crippen molar-refractivity contribution in [3.63, 3.8) is 0 Å². The van der Waals surface area contributed by atoms with Crippen LogP contribution in [0.25, 0.3) is 0 Å². The number of carbonyl (C=O) groups is 1. The molecule has 0 aromatic heterocycles. The van der Waals surface area contributed by atoms with Crippen molar-refractivity contribution in [2.45, 2.75) is 13.8 Å². The molecule has 4 heteroatoms. The highest BCUT2D eigenvalue weighted by atomic mass is 19.1. The van der Waals surface area contributed by atoms with Gasteiger partial charge in [0.2, 0.25) is 0 Å². The van der Waals surface area contributed by atoms with E-state index in [2.05, 4.69) is 0 Å². The van der Waals surface area contributed by atoms with Crippen LogP contribution in [0.15, 0.2) is 18.2 Å². The Hall–Kier alpha value is -1.42. The summed E-state index contributed by atoms with van der Waals surface area (Å²) >= 11 is 0. The maximum Gasteiger partial charge on any atom is 0.173 e. The molecule has 0 fully saturated rings. The first-order valence-corrected chi connectivity index (χ1v) is 5.01. The number of Topliss-reactive ketones (excluding diaryl/α,β-unsaturated/α-hetero) is 1. The minimum atomic E-state index is -0.721. The van der Waals surface area contributed by atoms with E-state index in [9.17, 15) is 9.18 Å². The predicted octanol–water partition coefficient (Wildman–Crippen LogP) is 2.00. The van der Waals surface area contributed by atoms with Crippen molar-refractivity contribution in [2.75, 3.05) is 13.7 Å². The van der Waals surface area contributed by atoms with E-state index >= 15 is 0 Å². The van der Waals surface area contributed by atoms with Crippen LogP contribution in [0.2, 0.25) is 0 Å². The number of ether oxygens (including phenoxy) is 1. The van der Waals surface area contributed by atoms with Gasteiger partial charge in [-0.3, -0.25) is 4.79 Å². The third-order valence-electron chi connectivity index (χ3n) is 2.53. The zero-order valence-electron chi connectivity index (χ0n) is 9.71. The molecule has 0 saturated carbocycles. The summed E-state index contributed by atoms with van der Waals surface area (Å²) in [6.45, 7) is 3.64. The van der Waals surface area contributed by atoms with E-state index in [1.54, 1.807) is 13.8 Å². The van der Waals surface area contributed by atoms with Crippen LogP contribution in [-0.4, -0.2) is 19.4 Å². The van der Waals surface area contributed by atoms with Crippen molar-refractivity contribution >= 4 is 5.78 Å². The molecular weight excluding hydrogens is 209 g/mol. The number of methoxy groups -OCH3 is 1. The maximum atomic E-state index is 13.1. The van der Waals surface area contributed by atoms with Crippen LogP contribution in [0.4, 0.5) is 4.39 Å². The topological polar surface area (TPSA) is 52.3 Å². The molecule has 2 N–H and O–H groups in total. The molecular formula is C12H16FNO2. The highest BCUT2D eigenvalue weighted by molar-refractivity contribution is 6.02. The van der Waals surface area contributed by atoms with E-state index in [1.165, 1.54) is 25.3 Å². The Labute approximate surface area is 94.4 Å². The number of ketones is 1. The Morgan fingerprint density at radius 3 is 2.62 bits per heavy atom. The third-order valence-corrected chi connectivity index (χ3v) is 2.53. The van der Waals surface area contributed by atoms with Crippen LogP contribution >= 0.6 is 0 Å². The van der Waals surface area contributed by atoms with Crippen LogP contribution in [0.1, 0.15) is 24.2 Å². The van der Waals surface area contributed by atoms with Crippen molar-refractivity contribution in [1.82, 2.24) is 0 Å². The van der Waals surface area contributed by atoms with Crippen LogP contribution in [0, 0.1) is 11.2 Å². The predicted molar refractivity (Wildman–Crippen MR) is 60.1 cm³/mol. The van der Waals surface area contributed by atoms with Gasteiger partial charge in [0.1, 0.15) is 11.6 Å². The minimum Gasteiger partial charge on any atom is -0.496 e. The molecule has 3 nitrogen and oxygen atoms in total. The molecule has 0 unspecified atom stereocenters. The van der Waals surface area contributed by atoms with Gasteiger partial charge in [-0.2, -0.15) is 0 Å². The maximum absolute atomic E-state index is 13.1. The van der Waals surface area contributed by atoms with Crippen molar-refractivity contribution in [2.24, 2.45) is 11.1 Å². The van der Waals surface area contributed by atoms with E-state index in [0.717, 1.165) is 0 Å². The van der Waals surface area contributed by atoms with Crippen LogP contribution in [-0.2, 0) is 0 Å². The van der Waals surface area contributed by atoms with Gasteiger partial charge in [0.05, 0.1) is 12.7 Å². The Morgan fingerprint density at radius 2 is 2.12 bits per heavy atom. The molecule has 0 atom stereocenters. The fourth-order valence-corrected chi connectivity index (χ4v) is 1.31. The molecule has 0 saturated heterocycles. The Bertz CT molecular complexity index is 402. The van der Waals surface area contributed by atoms with E-state index in [-0.39, 0.29) is 17.9 Å². The van der Waals surface area contributed by atoms with Crippen molar-refractivity contribution in [3.05, 3.63) is 29.6 Å². The highest BCUT2D eigenvalue weighted by Gasteiger charge is 2.29. The molecule has 0 spiro atoms. The summed E-state index contributed by atoms with van der Waals surface area (Å²) in [7, 11) is 1.44. The molecule has 0 aliphatic carbocycles. The number of benzene rings is 1. The smallest absolute Gasteiger partial charge is 0.173 e. The van der Waals surface area contributed by atoms with Gasteiger partial charge in [0, 0.05) is 12.0 Å². The van der Waals surface area contributed by atoms with Gasteiger partial charge in [0.25, 0.3) is 0 Å². The first-order valence-electron chi connectivity index (χ1n) is 5.01. The molecule has 0 radical (unpaired) electrons. The lowest BCUT2D eigenvalue weighted by Crippen LogP contribution is -2.33. The lowest BCUT2D eigenvalue weighted by Gasteiger charge is -2.21. The average molecular weight is 225 g/mol. The SMILES string of the molecule is COc1ccc(F)cc1C(=O)C(C)(C)CN. The largest absolute Gasteiger partial charge is 0.496 e. The molecule has 0 bridgehead atoms. The quantitative estimate of drug-likeness (QED) is 0.797. The number of hydrogen-bond acceptors (Lipinski definition) is 3. The van der Waals surface area contributed by atoms with Crippen LogP contribution in [0.5, 0.6) is 5.75 Å². The van der Waals surface area contributed by atoms with Crippen LogP contribution in [0.3, 0.4) is 0 Å². The van der Waals surface area contributed by atoms with Gasteiger partial charge in [-0.15, -0.1) is 0 Å². The van der Waals surface area contributed by atoms with Gasteiger partial charge in [-0.1, -0.05) is 13.8 Å². The normalized spacial score (nSPS) is 11.3. The summed E-state index contributed by atoms with van der Waals surface area (Å²) in [5, 5.41) is 0. The molecule has 1 aromatic rings. The van der Waals surface area contributed by atoms with Gasteiger partial charge in [0.15, 0.2) is 5.78 Å². The molecule has 0 aliphatic heterocycles. The zero-order chi connectivity index (χ0) is 12.3. The van der Waals surface area contributed by atoms with Crippen molar-refractivity contribution in [1.29, 1.82) is 0 Å². The fraction of sp³-hybridized carbons (Fsp3) is 0.417. The number of nitrogens with two attached hydrogens (primary N) is 1. The van der Waals surface area contributed by atoms with Gasteiger partial charge < -0.3 is 10.5 Å². The second-order valence-electron chi connectivity index (χ2n) is 4.26. The first kappa shape index (κ1) is 12.6. The molecule has 16 heavy (non-hydrogen) atoms. The van der Waals surface area contributed by atoms with Crippen LogP contribution < -0.4 is 10.5 Å². The average Bonchev–Trinajstić information content (AvgIpc) is 2.28. The van der Waals surface area contributed by atoms with Gasteiger partial charge in [-0.25, -0.2) is 4.39 Å². The number of rotatable bonds is 4. The summed E-state index contributed by atoms with van der Waals surface area (Å²) < 4.78 is 18.1. The van der Waals surface area contributed by atoms with E-state index in [1.807, 2.05) is 0 Å².